The highest BCUT2D eigenvalue weighted by molar-refractivity contribution is 7.14. The quantitative estimate of drug-likeness (QED) is 0.704. The zero-order valence-corrected chi connectivity index (χ0v) is 15.6. The predicted molar refractivity (Wildman–Crippen MR) is 101 cm³/mol. The van der Waals surface area contributed by atoms with E-state index in [2.05, 4.69) is 10.6 Å². The molecule has 0 aromatic carbocycles. The number of carbonyl (C=O) groups is 2. The summed E-state index contributed by atoms with van der Waals surface area (Å²) < 4.78 is 0. The first kappa shape index (κ1) is 19.1. The molecule has 6 nitrogen and oxygen atoms in total. The van der Waals surface area contributed by atoms with E-state index in [4.69, 9.17) is 5.26 Å². The number of hydrogen-bond acceptors (Lipinski definition) is 6. The number of thiophene rings is 2. The summed E-state index contributed by atoms with van der Waals surface area (Å²) in [6.45, 7) is 3.92. The van der Waals surface area contributed by atoms with Gasteiger partial charge in [-0.05, 0) is 29.4 Å². The van der Waals surface area contributed by atoms with E-state index in [1.54, 1.807) is 22.8 Å². The van der Waals surface area contributed by atoms with Crippen molar-refractivity contribution in [3.63, 3.8) is 0 Å². The van der Waals surface area contributed by atoms with Crippen LogP contribution in [0.25, 0.3) is 0 Å². The Bertz CT molecular complexity index is 734. The smallest absolute Gasteiger partial charge is 0.234 e. The molecular formula is C17H20N4O2S2. The highest BCUT2D eigenvalue weighted by Gasteiger charge is 2.13. The van der Waals surface area contributed by atoms with E-state index < -0.39 is 0 Å². The summed E-state index contributed by atoms with van der Waals surface area (Å²) in [4.78, 5) is 27.1. The molecule has 2 rings (SSSR count). The molecule has 0 spiro atoms. The number of hydrogen-bond donors (Lipinski definition) is 2. The highest BCUT2D eigenvalue weighted by Crippen LogP contribution is 2.22. The van der Waals surface area contributed by atoms with E-state index in [1.807, 2.05) is 35.4 Å². The molecule has 0 atom stereocenters. The van der Waals surface area contributed by atoms with Crippen LogP contribution < -0.4 is 10.6 Å². The Balaban J connectivity index is 1.72. The minimum atomic E-state index is -0.156. The molecule has 2 aromatic rings. The number of nitrogens with one attached hydrogen (secondary N) is 2. The van der Waals surface area contributed by atoms with Crippen LogP contribution in [-0.2, 0) is 16.1 Å². The third-order valence-corrected chi connectivity index (χ3v) is 5.25. The highest BCUT2D eigenvalue weighted by atomic mass is 32.1. The Morgan fingerprint density at radius 1 is 1.24 bits per heavy atom. The monoisotopic (exact) mass is 376 g/mol. The second-order valence-corrected chi connectivity index (χ2v) is 7.25. The van der Waals surface area contributed by atoms with Crippen molar-refractivity contribution in [3.8, 4) is 6.07 Å². The van der Waals surface area contributed by atoms with E-state index in [9.17, 15) is 9.59 Å². The average molecular weight is 377 g/mol. The van der Waals surface area contributed by atoms with E-state index in [0.29, 0.717) is 30.2 Å². The van der Waals surface area contributed by atoms with E-state index >= 15 is 0 Å². The summed E-state index contributed by atoms with van der Waals surface area (Å²) >= 11 is 2.93. The topological polar surface area (TPSA) is 85.2 Å². The van der Waals surface area contributed by atoms with Crippen molar-refractivity contribution in [1.82, 2.24) is 10.2 Å². The van der Waals surface area contributed by atoms with Gasteiger partial charge in [0.2, 0.25) is 11.8 Å². The SMILES string of the molecule is CCN(CCC(=O)Nc1sccc1C#N)CC(=O)NCc1cccs1. The first-order valence-corrected chi connectivity index (χ1v) is 9.67. The van der Waals surface area contributed by atoms with Crippen LogP contribution in [0.5, 0.6) is 0 Å². The molecule has 25 heavy (non-hydrogen) atoms. The fourth-order valence-corrected chi connectivity index (χ4v) is 3.55. The van der Waals surface area contributed by atoms with Crippen molar-refractivity contribution < 1.29 is 9.59 Å². The number of nitrogens with zero attached hydrogens (tertiary/aromatic N) is 2. The molecule has 0 aliphatic carbocycles. The molecule has 0 aliphatic rings. The molecular weight excluding hydrogens is 356 g/mol. The van der Waals surface area contributed by atoms with Crippen molar-refractivity contribution in [1.29, 1.82) is 5.26 Å². The summed E-state index contributed by atoms with van der Waals surface area (Å²) in [6, 6.07) is 7.65. The van der Waals surface area contributed by atoms with Gasteiger partial charge < -0.3 is 10.6 Å². The predicted octanol–water partition coefficient (Wildman–Crippen LogP) is 2.65. The second-order valence-electron chi connectivity index (χ2n) is 5.30. The molecule has 0 unspecified atom stereocenters. The molecule has 0 aliphatic heterocycles. The lowest BCUT2D eigenvalue weighted by atomic mass is 10.3. The lowest BCUT2D eigenvalue weighted by Crippen LogP contribution is -2.38. The van der Waals surface area contributed by atoms with Crippen LogP contribution in [0.2, 0.25) is 0 Å². The Kier molecular flexibility index (Phi) is 7.60. The third-order valence-electron chi connectivity index (χ3n) is 3.55. The number of likely N-dealkylation sites (N-methyl/N-ethyl adjacent to an activating group) is 1. The molecule has 2 heterocycles. The van der Waals surface area contributed by atoms with Crippen LogP contribution in [0.1, 0.15) is 23.8 Å². The summed E-state index contributed by atoms with van der Waals surface area (Å²) in [5.74, 6) is -0.211. The van der Waals surface area contributed by atoms with Crippen molar-refractivity contribution in [3.05, 3.63) is 39.4 Å². The van der Waals surface area contributed by atoms with Gasteiger partial charge in [0.1, 0.15) is 11.1 Å². The van der Waals surface area contributed by atoms with Crippen LogP contribution in [0.4, 0.5) is 5.00 Å². The Morgan fingerprint density at radius 3 is 2.76 bits per heavy atom. The minimum Gasteiger partial charge on any atom is -0.350 e. The van der Waals surface area contributed by atoms with E-state index in [-0.39, 0.29) is 24.8 Å². The van der Waals surface area contributed by atoms with Gasteiger partial charge in [-0.3, -0.25) is 14.5 Å². The number of anilines is 1. The molecule has 2 amide bonds. The lowest BCUT2D eigenvalue weighted by Gasteiger charge is -2.19. The Hall–Kier alpha value is -2.21. The van der Waals surface area contributed by atoms with Gasteiger partial charge in [-0.25, -0.2) is 0 Å². The fourth-order valence-electron chi connectivity index (χ4n) is 2.15. The van der Waals surface area contributed by atoms with Gasteiger partial charge in [0.05, 0.1) is 18.7 Å². The summed E-state index contributed by atoms with van der Waals surface area (Å²) in [6.07, 6.45) is 0.273. The molecule has 0 bridgehead atoms. The van der Waals surface area contributed by atoms with Crippen molar-refractivity contribution in [2.75, 3.05) is 25.0 Å². The molecule has 0 saturated heterocycles. The largest absolute Gasteiger partial charge is 0.350 e. The number of nitriles is 1. The maximum absolute atomic E-state index is 12.0. The number of amides is 2. The maximum Gasteiger partial charge on any atom is 0.234 e. The van der Waals surface area contributed by atoms with Gasteiger partial charge in [0, 0.05) is 17.8 Å². The fraction of sp³-hybridized carbons (Fsp3) is 0.353. The van der Waals surface area contributed by atoms with Gasteiger partial charge >= 0.3 is 0 Å². The van der Waals surface area contributed by atoms with Gasteiger partial charge in [-0.1, -0.05) is 13.0 Å². The number of rotatable bonds is 9. The summed E-state index contributed by atoms with van der Waals surface area (Å²) in [7, 11) is 0. The summed E-state index contributed by atoms with van der Waals surface area (Å²) in [5, 5.41) is 18.9. The third kappa shape index (κ3) is 6.31. The van der Waals surface area contributed by atoms with Gasteiger partial charge in [-0.2, -0.15) is 5.26 Å². The van der Waals surface area contributed by atoms with Crippen molar-refractivity contribution in [2.24, 2.45) is 0 Å². The van der Waals surface area contributed by atoms with Gasteiger partial charge in [0.25, 0.3) is 0 Å². The van der Waals surface area contributed by atoms with Crippen molar-refractivity contribution >= 4 is 39.5 Å². The molecule has 0 saturated carbocycles. The van der Waals surface area contributed by atoms with E-state index in [0.717, 1.165) is 4.88 Å². The zero-order valence-electron chi connectivity index (χ0n) is 13.9. The molecule has 132 valence electrons. The van der Waals surface area contributed by atoms with Crippen LogP contribution >= 0.6 is 22.7 Å². The van der Waals surface area contributed by atoms with Crippen LogP contribution in [0.3, 0.4) is 0 Å². The normalized spacial score (nSPS) is 10.4. The molecule has 0 fully saturated rings. The van der Waals surface area contributed by atoms with Gasteiger partial charge in [-0.15, -0.1) is 22.7 Å². The molecule has 2 N–H and O–H groups in total. The minimum absolute atomic E-state index is 0.0549. The molecule has 2 aromatic heterocycles. The van der Waals surface area contributed by atoms with E-state index in [1.165, 1.54) is 11.3 Å². The lowest BCUT2D eigenvalue weighted by molar-refractivity contribution is -0.123. The first-order chi connectivity index (χ1) is 12.1. The second kappa shape index (κ2) is 9.93. The molecule has 0 radical (unpaired) electrons. The average Bonchev–Trinajstić information content (AvgIpc) is 3.28. The zero-order chi connectivity index (χ0) is 18.1. The van der Waals surface area contributed by atoms with Crippen LogP contribution in [0.15, 0.2) is 29.0 Å². The maximum atomic E-state index is 12.0. The Labute approximate surface area is 155 Å². The standard InChI is InChI=1S/C17H20N4O2S2/c1-2-21(12-16(23)19-11-14-4-3-8-24-14)7-5-15(22)20-17-13(10-18)6-9-25-17/h3-4,6,8-9H,2,5,7,11-12H2,1H3,(H,19,23)(H,20,22). The van der Waals surface area contributed by atoms with Crippen molar-refractivity contribution in [2.45, 2.75) is 19.9 Å². The first-order valence-electron chi connectivity index (χ1n) is 7.91. The van der Waals surface area contributed by atoms with Crippen LogP contribution in [0, 0.1) is 11.3 Å². The summed E-state index contributed by atoms with van der Waals surface area (Å²) in [5.41, 5.74) is 0.471. The number of carbonyl (C=O) groups excluding carboxylic acids is 2. The van der Waals surface area contributed by atoms with Crippen LogP contribution in [-0.4, -0.2) is 36.3 Å². The molecule has 8 heteroatoms. The van der Waals surface area contributed by atoms with Gasteiger partial charge in [0.15, 0.2) is 0 Å². The Morgan fingerprint density at radius 2 is 2.08 bits per heavy atom.